The van der Waals surface area contributed by atoms with E-state index in [9.17, 15) is 9.59 Å². The highest BCUT2D eigenvalue weighted by Gasteiger charge is 2.42. The molecular weight excluding hydrogens is 354 g/mol. The molecular formula is C22H31N3O3. The summed E-state index contributed by atoms with van der Waals surface area (Å²) < 4.78 is 5.74. The second-order valence-corrected chi connectivity index (χ2v) is 8.83. The van der Waals surface area contributed by atoms with Gasteiger partial charge >= 0.3 is 0 Å². The quantitative estimate of drug-likeness (QED) is 0.803. The predicted octanol–water partition coefficient (Wildman–Crippen LogP) is 2.72. The molecule has 28 heavy (non-hydrogen) atoms. The average molecular weight is 386 g/mol. The molecule has 4 rings (SSSR count). The van der Waals surface area contributed by atoms with Crippen LogP contribution in [0.3, 0.4) is 0 Å². The van der Waals surface area contributed by atoms with Gasteiger partial charge in [-0.3, -0.25) is 14.6 Å². The molecule has 3 saturated heterocycles. The van der Waals surface area contributed by atoms with E-state index in [-0.39, 0.29) is 23.3 Å². The van der Waals surface area contributed by atoms with Gasteiger partial charge in [0, 0.05) is 51.1 Å². The van der Waals surface area contributed by atoms with Crippen LogP contribution in [0.4, 0.5) is 0 Å². The summed E-state index contributed by atoms with van der Waals surface area (Å²) in [5.74, 6) is 0.342. The van der Waals surface area contributed by atoms with Crippen LogP contribution in [0, 0.1) is 19.3 Å². The Kier molecular flexibility index (Phi) is 5.41. The number of rotatable bonds is 3. The van der Waals surface area contributed by atoms with Gasteiger partial charge in [-0.25, -0.2) is 0 Å². The molecule has 1 aromatic heterocycles. The van der Waals surface area contributed by atoms with E-state index >= 15 is 0 Å². The number of aryl methyl sites for hydroxylation is 2. The standard InChI is InChI=1S/C22H31N3O3/c1-16-12-18(13-23-17(16)2)21(27)24-9-7-22(8-10-24)6-5-20(26)25(15-22)14-19-4-3-11-28-19/h12-13,19H,3-11,14-15H2,1-2H3. The van der Waals surface area contributed by atoms with Crippen LogP contribution in [0.2, 0.25) is 0 Å². The van der Waals surface area contributed by atoms with E-state index in [0.29, 0.717) is 12.0 Å². The number of piperidine rings is 2. The van der Waals surface area contributed by atoms with Crippen LogP contribution in [0.25, 0.3) is 0 Å². The Labute approximate surface area is 167 Å². The highest BCUT2D eigenvalue weighted by atomic mass is 16.5. The van der Waals surface area contributed by atoms with E-state index in [1.54, 1.807) is 6.20 Å². The Hall–Kier alpha value is -1.95. The van der Waals surface area contributed by atoms with Crippen LogP contribution in [0.5, 0.6) is 0 Å². The van der Waals surface area contributed by atoms with Crippen LogP contribution in [0.1, 0.15) is 60.1 Å². The monoisotopic (exact) mass is 385 g/mol. The number of nitrogens with zero attached hydrogens (tertiary/aromatic N) is 3. The Morgan fingerprint density at radius 3 is 2.75 bits per heavy atom. The maximum Gasteiger partial charge on any atom is 0.255 e. The van der Waals surface area contributed by atoms with Crippen molar-refractivity contribution in [1.82, 2.24) is 14.8 Å². The Bertz CT molecular complexity index is 749. The van der Waals surface area contributed by atoms with Gasteiger partial charge in [-0.1, -0.05) is 0 Å². The van der Waals surface area contributed by atoms with E-state index < -0.39 is 0 Å². The largest absolute Gasteiger partial charge is 0.376 e. The lowest BCUT2D eigenvalue weighted by Crippen LogP contribution is -2.53. The fraction of sp³-hybridized carbons (Fsp3) is 0.682. The highest BCUT2D eigenvalue weighted by molar-refractivity contribution is 5.94. The number of amides is 2. The molecule has 0 aromatic carbocycles. The predicted molar refractivity (Wildman–Crippen MR) is 106 cm³/mol. The minimum absolute atomic E-state index is 0.0774. The maximum absolute atomic E-state index is 12.9. The summed E-state index contributed by atoms with van der Waals surface area (Å²) in [6.45, 7) is 7.84. The van der Waals surface area contributed by atoms with Crippen molar-refractivity contribution in [1.29, 1.82) is 0 Å². The van der Waals surface area contributed by atoms with E-state index in [4.69, 9.17) is 4.74 Å². The van der Waals surface area contributed by atoms with Gasteiger partial charge in [-0.15, -0.1) is 0 Å². The lowest BCUT2D eigenvalue weighted by Gasteiger charge is -2.47. The van der Waals surface area contributed by atoms with Crippen molar-refractivity contribution in [2.75, 3.05) is 32.8 Å². The van der Waals surface area contributed by atoms with E-state index in [2.05, 4.69) is 4.98 Å². The summed E-state index contributed by atoms with van der Waals surface area (Å²) in [5, 5.41) is 0. The summed E-state index contributed by atoms with van der Waals surface area (Å²) >= 11 is 0. The molecule has 0 aliphatic carbocycles. The third-order valence-corrected chi connectivity index (χ3v) is 6.89. The first-order valence-corrected chi connectivity index (χ1v) is 10.6. The number of hydrogen-bond donors (Lipinski definition) is 0. The van der Waals surface area contributed by atoms with Crippen molar-refractivity contribution >= 4 is 11.8 Å². The molecule has 0 saturated carbocycles. The Morgan fingerprint density at radius 2 is 2.07 bits per heavy atom. The van der Waals surface area contributed by atoms with Crippen LogP contribution >= 0.6 is 0 Å². The molecule has 1 aromatic rings. The van der Waals surface area contributed by atoms with Gasteiger partial charge in [0.15, 0.2) is 0 Å². The lowest BCUT2D eigenvalue weighted by atomic mass is 9.72. The number of aromatic nitrogens is 1. The molecule has 6 nitrogen and oxygen atoms in total. The van der Waals surface area contributed by atoms with E-state index in [0.717, 1.165) is 76.1 Å². The smallest absolute Gasteiger partial charge is 0.255 e. The molecule has 2 amide bonds. The molecule has 0 radical (unpaired) electrons. The van der Waals surface area contributed by atoms with Gasteiger partial charge in [0.05, 0.1) is 11.7 Å². The SMILES string of the molecule is Cc1cc(C(=O)N2CCC3(CCC(=O)N(CC4CCCO4)C3)CC2)cnc1C. The fourth-order valence-electron chi connectivity index (χ4n) is 4.84. The highest BCUT2D eigenvalue weighted by Crippen LogP contribution is 2.40. The van der Waals surface area contributed by atoms with Crippen molar-refractivity contribution in [2.45, 2.75) is 58.5 Å². The zero-order valence-corrected chi connectivity index (χ0v) is 17.1. The van der Waals surface area contributed by atoms with E-state index in [1.165, 1.54) is 0 Å². The molecule has 1 spiro atoms. The van der Waals surface area contributed by atoms with Gasteiger partial charge in [0.2, 0.25) is 5.91 Å². The number of carbonyl (C=O) groups excluding carboxylic acids is 2. The van der Waals surface area contributed by atoms with Crippen LogP contribution in [-0.2, 0) is 9.53 Å². The molecule has 6 heteroatoms. The molecule has 1 atom stereocenters. The fourth-order valence-corrected chi connectivity index (χ4v) is 4.84. The van der Waals surface area contributed by atoms with Crippen molar-refractivity contribution in [3.8, 4) is 0 Å². The maximum atomic E-state index is 12.9. The number of pyridine rings is 1. The van der Waals surface area contributed by atoms with Gasteiger partial charge < -0.3 is 14.5 Å². The normalized spacial score (nSPS) is 24.8. The van der Waals surface area contributed by atoms with Crippen molar-refractivity contribution in [3.05, 3.63) is 29.1 Å². The number of ether oxygens (including phenoxy) is 1. The van der Waals surface area contributed by atoms with Crippen molar-refractivity contribution < 1.29 is 14.3 Å². The first kappa shape index (κ1) is 19.4. The zero-order valence-electron chi connectivity index (χ0n) is 17.1. The minimum Gasteiger partial charge on any atom is -0.376 e. The second-order valence-electron chi connectivity index (χ2n) is 8.83. The van der Waals surface area contributed by atoms with Crippen molar-refractivity contribution in [3.63, 3.8) is 0 Å². The first-order valence-electron chi connectivity index (χ1n) is 10.6. The van der Waals surface area contributed by atoms with Crippen LogP contribution in [0.15, 0.2) is 12.3 Å². The molecule has 0 bridgehead atoms. The third-order valence-electron chi connectivity index (χ3n) is 6.89. The summed E-state index contributed by atoms with van der Waals surface area (Å²) in [4.78, 5) is 33.6. The Morgan fingerprint density at radius 1 is 1.29 bits per heavy atom. The van der Waals surface area contributed by atoms with Crippen LogP contribution in [-0.4, -0.2) is 65.5 Å². The summed E-state index contributed by atoms with van der Waals surface area (Å²) in [5.41, 5.74) is 2.85. The zero-order chi connectivity index (χ0) is 19.7. The third kappa shape index (κ3) is 3.93. The van der Waals surface area contributed by atoms with Crippen molar-refractivity contribution in [2.24, 2.45) is 5.41 Å². The van der Waals surface area contributed by atoms with Gasteiger partial charge in [-0.2, -0.15) is 0 Å². The molecule has 3 aliphatic heterocycles. The van der Waals surface area contributed by atoms with Gasteiger partial charge in [0.1, 0.15) is 0 Å². The number of likely N-dealkylation sites (tertiary alicyclic amines) is 2. The number of hydrogen-bond acceptors (Lipinski definition) is 4. The molecule has 0 N–H and O–H groups in total. The lowest BCUT2D eigenvalue weighted by molar-refractivity contribution is -0.141. The summed E-state index contributed by atoms with van der Waals surface area (Å²) in [7, 11) is 0. The first-order chi connectivity index (χ1) is 13.5. The average Bonchev–Trinajstić information content (AvgIpc) is 3.20. The molecule has 4 heterocycles. The second kappa shape index (κ2) is 7.82. The van der Waals surface area contributed by atoms with E-state index in [1.807, 2.05) is 29.7 Å². The topological polar surface area (TPSA) is 62.7 Å². The Balaban J connectivity index is 1.37. The molecule has 1 unspecified atom stereocenters. The molecule has 3 aliphatic rings. The van der Waals surface area contributed by atoms with Crippen LogP contribution < -0.4 is 0 Å². The van der Waals surface area contributed by atoms with Gasteiger partial charge in [0.25, 0.3) is 5.91 Å². The minimum atomic E-state index is 0.0774. The summed E-state index contributed by atoms with van der Waals surface area (Å²) in [6.07, 6.45) is 7.56. The molecule has 3 fully saturated rings. The van der Waals surface area contributed by atoms with Gasteiger partial charge in [-0.05, 0) is 63.0 Å². The number of carbonyl (C=O) groups is 2. The summed E-state index contributed by atoms with van der Waals surface area (Å²) in [6, 6.07) is 1.94. The molecule has 152 valence electrons.